The molecule has 0 aromatic carbocycles. The Morgan fingerprint density at radius 3 is 2.68 bits per heavy atom. The lowest BCUT2D eigenvalue weighted by atomic mass is 10.5. The molecule has 0 saturated carbocycles. The molecule has 2 rings (SSSR count). The highest BCUT2D eigenvalue weighted by Gasteiger charge is 2.19. The number of rotatable bonds is 4. The van der Waals surface area contributed by atoms with Gasteiger partial charge >= 0.3 is 0 Å². The summed E-state index contributed by atoms with van der Waals surface area (Å²) in [6, 6.07) is 4.26. The van der Waals surface area contributed by atoms with E-state index in [0.29, 0.717) is 5.69 Å². The minimum Gasteiger partial charge on any atom is -0.378 e. The number of hydrogen-bond acceptors (Lipinski definition) is 6. The summed E-state index contributed by atoms with van der Waals surface area (Å²) < 4.78 is 29.0. The van der Waals surface area contributed by atoms with E-state index in [9.17, 15) is 8.42 Å². The SMILES string of the molecule is COCc1cc(S(N)(=O)=O)n(-c2ccc(Cl)nn2)n1. The molecule has 0 unspecified atom stereocenters. The zero-order valence-electron chi connectivity index (χ0n) is 9.82. The molecule has 2 N–H and O–H groups in total. The van der Waals surface area contributed by atoms with E-state index in [4.69, 9.17) is 21.5 Å². The van der Waals surface area contributed by atoms with Crippen LogP contribution in [0.1, 0.15) is 5.69 Å². The predicted octanol–water partition coefficient (Wildman–Crippen LogP) is 0.110. The molecule has 0 aliphatic carbocycles. The van der Waals surface area contributed by atoms with Crippen LogP contribution in [-0.2, 0) is 21.4 Å². The van der Waals surface area contributed by atoms with E-state index in [1.54, 1.807) is 0 Å². The van der Waals surface area contributed by atoms with Crippen molar-refractivity contribution in [2.24, 2.45) is 5.14 Å². The molecular formula is C9H10ClN5O3S. The monoisotopic (exact) mass is 303 g/mol. The van der Waals surface area contributed by atoms with E-state index < -0.39 is 10.0 Å². The van der Waals surface area contributed by atoms with Crippen LogP contribution in [0.4, 0.5) is 0 Å². The second-order valence-corrected chi connectivity index (χ2v) is 5.47. The van der Waals surface area contributed by atoms with E-state index in [1.165, 1.54) is 25.3 Å². The summed E-state index contributed by atoms with van der Waals surface area (Å²) in [5, 5.41) is 16.5. The van der Waals surface area contributed by atoms with Crippen molar-refractivity contribution in [1.29, 1.82) is 0 Å². The average molecular weight is 304 g/mol. The summed E-state index contributed by atoms with van der Waals surface area (Å²) >= 11 is 5.62. The zero-order chi connectivity index (χ0) is 14.0. The van der Waals surface area contributed by atoms with Gasteiger partial charge in [-0.15, -0.1) is 10.2 Å². The minimum atomic E-state index is -3.95. The number of hydrogen-bond donors (Lipinski definition) is 1. The third-order valence-electron chi connectivity index (χ3n) is 2.15. The summed E-state index contributed by atoms with van der Waals surface area (Å²) in [5.41, 5.74) is 0.406. The van der Waals surface area contributed by atoms with Crippen LogP contribution in [0.3, 0.4) is 0 Å². The van der Waals surface area contributed by atoms with Crippen molar-refractivity contribution in [2.75, 3.05) is 7.11 Å². The normalized spacial score (nSPS) is 11.7. The fourth-order valence-corrected chi connectivity index (χ4v) is 2.19. The van der Waals surface area contributed by atoms with Crippen LogP contribution in [0.25, 0.3) is 5.82 Å². The summed E-state index contributed by atoms with van der Waals surface area (Å²) in [6.45, 7) is 0.149. The number of nitrogens with zero attached hydrogens (tertiary/aromatic N) is 4. The highest BCUT2D eigenvalue weighted by atomic mass is 35.5. The average Bonchev–Trinajstić information content (AvgIpc) is 2.74. The van der Waals surface area contributed by atoms with Crippen molar-refractivity contribution in [3.05, 3.63) is 29.0 Å². The van der Waals surface area contributed by atoms with Crippen LogP contribution in [-0.4, -0.2) is 35.5 Å². The van der Waals surface area contributed by atoms with Crippen molar-refractivity contribution in [2.45, 2.75) is 11.6 Å². The van der Waals surface area contributed by atoms with Gasteiger partial charge < -0.3 is 4.74 Å². The summed E-state index contributed by atoms with van der Waals surface area (Å²) in [4.78, 5) is 0. The number of ether oxygens (including phenoxy) is 1. The van der Waals surface area contributed by atoms with Crippen LogP contribution < -0.4 is 5.14 Å². The minimum absolute atomic E-state index is 0.149. The Balaban J connectivity index is 2.57. The first-order valence-corrected chi connectivity index (χ1v) is 6.94. The molecule has 19 heavy (non-hydrogen) atoms. The summed E-state index contributed by atoms with van der Waals surface area (Å²) in [6.07, 6.45) is 0. The van der Waals surface area contributed by atoms with Crippen molar-refractivity contribution in [3.63, 3.8) is 0 Å². The van der Waals surface area contributed by atoms with E-state index in [2.05, 4.69) is 15.3 Å². The first-order chi connectivity index (χ1) is 8.91. The second-order valence-electron chi connectivity index (χ2n) is 3.58. The van der Waals surface area contributed by atoms with Gasteiger partial charge in [0.15, 0.2) is 16.0 Å². The molecule has 0 fully saturated rings. The molecule has 0 saturated heterocycles. The van der Waals surface area contributed by atoms with Crippen molar-refractivity contribution < 1.29 is 13.2 Å². The zero-order valence-corrected chi connectivity index (χ0v) is 11.4. The fraction of sp³-hybridized carbons (Fsp3) is 0.222. The lowest BCUT2D eigenvalue weighted by Gasteiger charge is -2.03. The maximum Gasteiger partial charge on any atom is 0.255 e. The second kappa shape index (κ2) is 5.21. The van der Waals surface area contributed by atoms with Gasteiger partial charge in [0, 0.05) is 13.2 Å². The molecule has 8 nitrogen and oxygen atoms in total. The van der Waals surface area contributed by atoms with Crippen LogP contribution in [0, 0.1) is 0 Å². The van der Waals surface area contributed by atoms with Gasteiger partial charge in [0.05, 0.1) is 12.3 Å². The third-order valence-corrected chi connectivity index (χ3v) is 3.22. The first-order valence-electron chi connectivity index (χ1n) is 5.02. The number of methoxy groups -OCH3 is 1. The van der Waals surface area contributed by atoms with Gasteiger partial charge in [0.25, 0.3) is 10.0 Å². The van der Waals surface area contributed by atoms with Gasteiger partial charge in [-0.3, -0.25) is 0 Å². The quantitative estimate of drug-likeness (QED) is 0.857. The molecule has 0 aliphatic rings. The Labute approximate surface area is 114 Å². The molecule has 102 valence electrons. The van der Waals surface area contributed by atoms with Gasteiger partial charge in [-0.05, 0) is 12.1 Å². The molecule has 0 spiro atoms. The molecule has 0 radical (unpaired) electrons. The highest BCUT2D eigenvalue weighted by molar-refractivity contribution is 7.89. The van der Waals surface area contributed by atoms with Crippen molar-refractivity contribution in [3.8, 4) is 5.82 Å². The summed E-state index contributed by atoms with van der Waals surface area (Å²) in [5.74, 6) is 0.191. The topological polar surface area (TPSA) is 113 Å². The molecule has 2 aromatic rings. The number of aromatic nitrogens is 4. The van der Waals surface area contributed by atoms with Gasteiger partial charge in [-0.2, -0.15) is 5.10 Å². The maximum absolute atomic E-state index is 11.5. The van der Waals surface area contributed by atoms with Crippen molar-refractivity contribution in [1.82, 2.24) is 20.0 Å². The van der Waals surface area contributed by atoms with Crippen molar-refractivity contribution >= 4 is 21.6 Å². The van der Waals surface area contributed by atoms with Crippen LogP contribution >= 0.6 is 11.6 Å². The number of nitrogens with two attached hydrogens (primary N) is 1. The highest BCUT2D eigenvalue weighted by Crippen LogP contribution is 2.15. The molecule has 10 heteroatoms. The summed E-state index contributed by atoms with van der Waals surface area (Å²) in [7, 11) is -2.48. The van der Waals surface area contributed by atoms with Gasteiger partial charge in [0.2, 0.25) is 0 Å². The van der Waals surface area contributed by atoms with E-state index in [1.807, 2.05) is 0 Å². The van der Waals surface area contributed by atoms with Gasteiger partial charge in [-0.1, -0.05) is 11.6 Å². The maximum atomic E-state index is 11.5. The largest absolute Gasteiger partial charge is 0.378 e. The molecule has 0 amide bonds. The standard InChI is InChI=1S/C9H10ClN5O3S/c1-18-5-6-4-9(19(11,16)17)15(14-6)8-3-2-7(10)12-13-8/h2-4H,5H2,1H3,(H2,11,16,17). The van der Waals surface area contributed by atoms with E-state index in [-0.39, 0.29) is 22.6 Å². The first kappa shape index (κ1) is 13.9. The van der Waals surface area contributed by atoms with E-state index in [0.717, 1.165) is 4.68 Å². The molecule has 0 aliphatic heterocycles. The predicted molar refractivity (Wildman–Crippen MR) is 66.3 cm³/mol. The fourth-order valence-electron chi connectivity index (χ4n) is 1.42. The van der Waals surface area contributed by atoms with Crippen LogP contribution in [0.2, 0.25) is 5.15 Å². The Hall–Kier alpha value is -1.55. The molecule has 0 bridgehead atoms. The smallest absolute Gasteiger partial charge is 0.255 e. The number of primary sulfonamides is 1. The number of halogens is 1. The number of sulfonamides is 1. The van der Waals surface area contributed by atoms with E-state index >= 15 is 0 Å². The third kappa shape index (κ3) is 3.07. The Morgan fingerprint density at radius 2 is 2.16 bits per heavy atom. The van der Waals surface area contributed by atoms with Crippen LogP contribution in [0.5, 0.6) is 0 Å². The lowest BCUT2D eigenvalue weighted by Crippen LogP contribution is -2.17. The Kier molecular flexibility index (Phi) is 3.80. The molecule has 0 atom stereocenters. The van der Waals surface area contributed by atoms with Crippen LogP contribution in [0.15, 0.2) is 23.2 Å². The molecule has 2 heterocycles. The molecule has 2 aromatic heterocycles. The van der Waals surface area contributed by atoms with Gasteiger partial charge in [-0.25, -0.2) is 18.2 Å². The Bertz CT molecular complexity index is 682. The Morgan fingerprint density at radius 1 is 1.42 bits per heavy atom. The molecular weight excluding hydrogens is 294 g/mol. The van der Waals surface area contributed by atoms with Gasteiger partial charge in [0.1, 0.15) is 0 Å². The lowest BCUT2D eigenvalue weighted by molar-refractivity contribution is 0.181.